The predicted octanol–water partition coefficient (Wildman–Crippen LogP) is 1.89. The molecular formula is C11H11N3OS. The monoisotopic (exact) mass is 233 g/mol. The lowest BCUT2D eigenvalue weighted by Crippen LogP contribution is -2.21. The first-order chi connectivity index (χ1) is 7.74. The quantitative estimate of drug-likeness (QED) is 0.778. The summed E-state index contributed by atoms with van der Waals surface area (Å²) in [6.45, 7) is 0. The number of amides is 1. The summed E-state index contributed by atoms with van der Waals surface area (Å²) >= 11 is 5.15. The third-order valence-electron chi connectivity index (χ3n) is 2.25. The molecule has 0 bridgehead atoms. The average Bonchev–Trinajstić information content (AvgIpc) is 2.71. The van der Waals surface area contributed by atoms with Crippen molar-refractivity contribution >= 4 is 18.1 Å². The SMILES string of the molecule is CNC(=O)c1c[nH]c(=S)n1-c1ccccc1. The number of benzene rings is 1. The Hall–Kier alpha value is -1.88. The first kappa shape index (κ1) is 10.6. The molecule has 0 saturated carbocycles. The number of carbonyl (C=O) groups excluding carboxylic acids is 1. The molecule has 0 unspecified atom stereocenters. The molecule has 2 aromatic rings. The number of hydrogen-bond donors (Lipinski definition) is 2. The van der Waals surface area contributed by atoms with E-state index < -0.39 is 0 Å². The largest absolute Gasteiger partial charge is 0.354 e. The smallest absolute Gasteiger partial charge is 0.269 e. The second-order valence-electron chi connectivity index (χ2n) is 3.23. The van der Waals surface area contributed by atoms with Crippen LogP contribution in [0.15, 0.2) is 36.5 Å². The van der Waals surface area contributed by atoms with Crippen LogP contribution in [0.5, 0.6) is 0 Å². The maximum atomic E-state index is 11.6. The molecule has 0 aliphatic rings. The molecule has 16 heavy (non-hydrogen) atoms. The fraction of sp³-hybridized carbons (Fsp3) is 0.0909. The second kappa shape index (κ2) is 4.32. The van der Waals surface area contributed by atoms with E-state index in [1.54, 1.807) is 17.8 Å². The maximum Gasteiger partial charge on any atom is 0.269 e. The molecule has 0 aliphatic carbocycles. The molecule has 0 aliphatic heterocycles. The molecule has 5 heteroatoms. The molecule has 0 spiro atoms. The molecule has 1 heterocycles. The summed E-state index contributed by atoms with van der Waals surface area (Å²) in [5.74, 6) is -0.170. The number of nitrogens with zero attached hydrogens (tertiary/aromatic N) is 1. The highest BCUT2D eigenvalue weighted by atomic mass is 32.1. The Morgan fingerprint density at radius 3 is 2.69 bits per heavy atom. The van der Waals surface area contributed by atoms with Crippen molar-refractivity contribution in [2.24, 2.45) is 0 Å². The summed E-state index contributed by atoms with van der Waals surface area (Å²) < 4.78 is 2.21. The number of rotatable bonds is 2. The molecular weight excluding hydrogens is 222 g/mol. The van der Waals surface area contributed by atoms with Gasteiger partial charge in [-0.2, -0.15) is 0 Å². The minimum absolute atomic E-state index is 0.170. The minimum atomic E-state index is -0.170. The Kier molecular flexibility index (Phi) is 2.87. The summed E-state index contributed by atoms with van der Waals surface area (Å²) in [6.07, 6.45) is 1.61. The van der Waals surface area contributed by atoms with Crippen molar-refractivity contribution in [2.45, 2.75) is 0 Å². The van der Waals surface area contributed by atoms with E-state index in [2.05, 4.69) is 10.3 Å². The van der Waals surface area contributed by atoms with E-state index in [0.29, 0.717) is 10.5 Å². The fourth-order valence-electron chi connectivity index (χ4n) is 1.50. The van der Waals surface area contributed by atoms with Gasteiger partial charge in [0.25, 0.3) is 5.91 Å². The number of hydrogen-bond acceptors (Lipinski definition) is 2. The van der Waals surface area contributed by atoms with Crippen LogP contribution in [0.1, 0.15) is 10.5 Å². The Morgan fingerprint density at radius 2 is 2.06 bits per heavy atom. The van der Waals surface area contributed by atoms with Gasteiger partial charge in [-0.3, -0.25) is 9.36 Å². The van der Waals surface area contributed by atoms with Crippen LogP contribution in [0.3, 0.4) is 0 Å². The van der Waals surface area contributed by atoms with Crippen LogP contribution >= 0.6 is 12.2 Å². The van der Waals surface area contributed by atoms with E-state index in [1.807, 2.05) is 30.3 Å². The lowest BCUT2D eigenvalue weighted by molar-refractivity contribution is 0.0956. The maximum absolute atomic E-state index is 11.6. The van der Waals surface area contributed by atoms with Gasteiger partial charge in [-0.15, -0.1) is 0 Å². The van der Waals surface area contributed by atoms with Crippen molar-refractivity contribution in [1.82, 2.24) is 14.9 Å². The summed E-state index contributed by atoms with van der Waals surface area (Å²) in [6, 6.07) is 9.51. The van der Waals surface area contributed by atoms with Gasteiger partial charge in [0.15, 0.2) is 4.77 Å². The number of imidazole rings is 1. The fourth-order valence-corrected chi connectivity index (χ4v) is 1.76. The van der Waals surface area contributed by atoms with Crippen LogP contribution in [0, 0.1) is 4.77 Å². The van der Waals surface area contributed by atoms with E-state index >= 15 is 0 Å². The number of para-hydroxylation sites is 1. The van der Waals surface area contributed by atoms with Crippen LogP contribution in [-0.2, 0) is 0 Å². The van der Waals surface area contributed by atoms with Crippen LogP contribution in [0.25, 0.3) is 5.69 Å². The first-order valence-corrected chi connectivity index (χ1v) is 5.23. The number of aromatic nitrogens is 2. The highest BCUT2D eigenvalue weighted by Gasteiger charge is 2.11. The molecule has 82 valence electrons. The predicted molar refractivity (Wildman–Crippen MR) is 64.3 cm³/mol. The number of nitrogens with one attached hydrogen (secondary N) is 2. The van der Waals surface area contributed by atoms with E-state index in [0.717, 1.165) is 5.69 Å². The van der Waals surface area contributed by atoms with Gasteiger partial charge in [0, 0.05) is 18.9 Å². The van der Waals surface area contributed by atoms with Gasteiger partial charge in [0.1, 0.15) is 5.69 Å². The van der Waals surface area contributed by atoms with Crippen LogP contribution in [0.2, 0.25) is 0 Å². The van der Waals surface area contributed by atoms with Crippen LogP contribution in [0.4, 0.5) is 0 Å². The molecule has 0 fully saturated rings. The van der Waals surface area contributed by atoms with Crippen molar-refractivity contribution < 1.29 is 4.79 Å². The summed E-state index contributed by atoms with van der Waals surface area (Å²) in [4.78, 5) is 14.5. The summed E-state index contributed by atoms with van der Waals surface area (Å²) in [5.41, 5.74) is 1.37. The number of carbonyl (C=O) groups is 1. The molecule has 0 atom stereocenters. The highest BCUT2D eigenvalue weighted by molar-refractivity contribution is 7.71. The lowest BCUT2D eigenvalue weighted by atomic mass is 10.3. The number of H-pyrrole nitrogens is 1. The van der Waals surface area contributed by atoms with Gasteiger partial charge in [0.05, 0.1) is 0 Å². The molecule has 0 radical (unpaired) electrons. The topological polar surface area (TPSA) is 49.8 Å². The van der Waals surface area contributed by atoms with Gasteiger partial charge in [-0.1, -0.05) is 18.2 Å². The number of aromatic amines is 1. The average molecular weight is 233 g/mol. The third-order valence-corrected chi connectivity index (χ3v) is 2.55. The Balaban J connectivity index is 2.61. The van der Waals surface area contributed by atoms with E-state index in [9.17, 15) is 4.79 Å². The van der Waals surface area contributed by atoms with E-state index in [1.165, 1.54) is 0 Å². The molecule has 2 rings (SSSR count). The molecule has 1 aromatic heterocycles. The minimum Gasteiger partial charge on any atom is -0.354 e. The zero-order chi connectivity index (χ0) is 11.5. The molecule has 1 amide bonds. The third kappa shape index (κ3) is 1.77. The molecule has 1 aromatic carbocycles. The van der Waals surface area contributed by atoms with Crippen molar-refractivity contribution in [3.8, 4) is 5.69 Å². The Morgan fingerprint density at radius 1 is 1.38 bits per heavy atom. The van der Waals surface area contributed by atoms with Crippen LogP contribution in [-0.4, -0.2) is 22.5 Å². The lowest BCUT2D eigenvalue weighted by Gasteiger charge is -2.06. The van der Waals surface area contributed by atoms with Crippen molar-refractivity contribution in [3.05, 3.63) is 47.0 Å². The van der Waals surface area contributed by atoms with Gasteiger partial charge < -0.3 is 10.3 Å². The van der Waals surface area contributed by atoms with E-state index in [-0.39, 0.29) is 5.91 Å². The normalized spacial score (nSPS) is 10.1. The van der Waals surface area contributed by atoms with Crippen LogP contribution < -0.4 is 5.32 Å². The summed E-state index contributed by atoms with van der Waals surface area (Å²) in [5, 5.41) is 2.58. The van der Waals surface area contributed by atoms with Crippen molar-refractivity contribution in [2.75, 3.05) is 7.05 Å². The molecule has 0 saturated heterocycles. The molecule has 4 nitrogen and oxygen atoms in total. The Labute approximate surface area is 97.9 Å². The van der Waals surface area contributed by atoms with Gasteiger partial charge in [-0.25, -0.2) is 0 Å². The standard InChI is InChI=1S/C11H11N3OS/c1-12-10(15)9-7-13-11(16)14(9)8-5-3-2-4-6-8/h2-7H,1H3,(H,12,15)(H,13,16). The van der Waals surface area contributed by atoms with Gasteiger partial charge in [-0.05, 0) is 24.4 Å². The first-order valence-electron chi connectivity index (χ1n) is 4.82. The van der Waals surface area contributed by atoms with Crippen molar-refractivity contribution in [1.29, 1.82) is 0 Å². The highest BCUT2D eigenvalue weighted by Crippen LogP contribution is 2.12. The molecule has 2 N–H and O–H groups in total. The zero-order valence-electron chi connectivity index (χ0n) is 8.73. The van der Waals surface area contributed by atoms with E-state index in [4.69, 9.17) is 12.2 Å². The summed E-state index contributed by atoms with van der Waals surface area (Å²) in [7, 11) is 1.59. The Bertz CT molecular complexity index is 556. The zero-order valence-corrected chi connectivity index (χ0v) is 9.54. The van der Waals surface area contributed by atoms with Gasteiger partial charge in [0.2, 0.25) is 0 Å². The van der Waals surface area contributed by atoms with Crippen molar-refractivity contribution in [3.63, 3.8) is 0 Å². The van der Waals surface area contributed by atoms with Gasteiger partial charge >= 0.3 is 0 Å². The second-order valence-corrected chi connectivity index (χ2v) is 3.62.